The van der Waals surface area contributed by atoms with Gasteiger partial charge in [0.2, 0.25) is 0 Å². The first-order valence-electron chi connectivity index (χ1n) is 10.1. The maximum atomic E-state index is 13.2. The molecule has 4 aliphatic rings. The highest BCUT2D eigenvalue weighted by Crippen LogP contribution is 2.64. The van der Waals surface area contributed by atoms with Crippen LogP contribution in [0.2, 0.25) is 0 Å². The quantitative estimate of drug-likeness (QED) is 0.458. The van der Waals surface area contributed by atoms with Crippen LogP contribution in [0.4, 0.5) is 4.39 Å². The van der Waals surface area contributed by atoms with E-state index in [4.69, 9.17) is 0 Å². The molecule has 4 aliphatic carbocycles. The lowest BCUT2D eigenvalue weighted by molar-refractivity contribution is -0.0440. The molecule has 0 radical (unpaired) electrons. The van der Waals surface area contributed by atoms with Gasteiger partial charge in [0.1, 0.15) is 6.67 Å². The van der Waals surface area contributed by atoms with E-state index in [9.17, 15) is 9.50 Å². The molecular weight excluding hydrogens is 379 g/mol. The van der Waals surface area contributed by atoms with Gasteiger partial charge in [-0.1, -0.05) is 46.7 Å². The molecule has 0 aromatic carbocycles. The van der Waals surface area contributed by atoms with Gasteiger partial charge in [-0.05, 0) is 86.4 Å². The van der Waals surface area contributed by atoms with E-state index in [0.29, 0.717) is 30.1 Å². The highest BCUT2D eigenvalue weighted by Gasteiger charge is 2.56. The van der Waals surface area contributed by atoms with Crippen molar-refractivity contribution < 1.29 is 9.50 Å². The van der Waals surface area contributed by atoms with Gasteiger partial charge in [0, 0.05) is 5.33 Å². The van der Waals surface area contributed by atoms with Crippen molar-refractivity contribution in [2.75, 3.05) is 12.0 Å². The van der Waals surface area contributed by atoms with Crippen LogP contribution in [0.3, 0.4) is 0 Å². The number of fused-ring (bicyclic) bond motifs is 5. The Kier molecular flexibility index (Phi) is 4.72. The first-order chi connectivity index (χ1) is 11.9. The van der Waals surface area contributed by atoms with Crippen molar-refractivity contribution >= 4 is 15.9 Å². The molecule has 140 valence electrons. The van der Waals surface area contributed by atoms with Gasteiger partial charge in [-0.15, -0.1) is 0 Å². The SMILES string of the molecule is C=C(CBr)[C@H]1CC[C@H]2[C@@H]3CC=C4C[C@@](O)(CF)CC[C@@H]4[C@H]3CC[C@]12C. The maximum Gasteiger partial charge on any atom is 0.118 e. The molecule has 1 N–H and O–H groups in total. The third kappa shape index (κ3) is 2.79. The van der Waals surface area contributed by atoms with E-state index >= 15 is 0 Å². The van der Waals surface area contributed by atoms with Gasteiger partial charge in [-0.2, -0.15) is 0 Å². The molecule has 0 unspecified atom stereocenters. The summed E-state index contributed by atoms with van der Waals surface area (Å²) in [6.07, 6.45) is 11.0. The van der Waals surface area contributed by atoms with Crippen LogP contribution in [-0.2, 0) is 0 Å². The first kappa shape index (κ1) is 18.2. The monoisotopic (exact) mass is 410 g/mol. The molecule has 1 nitrogen and oxygen atoms in total. The van der Waals surface area contributed by atoms with Crippen molar-refractivity contribution in [1.29, 1.82) is 0 Å². The number of allylic oxidation sites excluding steroid dienone is 2. The van der Waals surface area contributed by atoms with Gasteiger partial charge in [0.15, 0.2) is 0 Å². The second-order valence-corrected chi connectivity index (χ2v) is 10.2. The molecule has 0 aromatic heterocycles. The lowest BCUT2D eigenvalue weighted by Crippen LogP contribution is -2.48. The van der Waals surface area contributed by atoms with Crippen molar-refractivity contribution in [3.63, 3.8) is 0 Å². The van der Waals surface area contributed by atoms with Crippen LogP contribution in [0.25, 0.3) is 0 Å². The van der Waals surface area contributed by atoms with Crippen LogP contribution in [0.1, 0.15) is 58.3 Å². The number of halogens is 2. The maximum absolute atomic E-state index is 13.2. The summed E-state index contributed by atoms with van der Waals surface area (Å²) in [5.74, 6) is 3.64. The Morgan fingerprint density at radius 2 is 2.08 bits per heavy atom. The summed E-state index contributed by atoms with van der Waals surface area (Å²) in [6, 6.07) is 0. The van der Waals surface area contributed by atoms with E-state index in [1.54, 1.807) is 0 Å². The largest absolute Gasteiger partial charge is 0.387 e. The van der Waals surface area contributed by atoms with Gasteiger partial charge >= 0.3 is 0 Å². The van der Waals surface area contributed by atoms with E-state index in [0.717, 1.165) is 35.9 Å². The molecule has 0 aliphatic heterocycles. The summed E-state index contributed by atoms with van der Waals surface area (Å²) in [5, 5.41) is 11.3. The third-order valence-electron chi connectivity index (χ3n) is 8.50. The molecule has 0 bridgehead atoms. The summed E-state index contributed by atoms with van der Waals surface area (Å²) in [7, 11) is 0. The molecule has 3 fully saturated rings. The highest BCUT2D eigenvalue weighted by molar-refractivity contribution is 9.09. The van der Waals surface area contributed by atoms with Gasteiger partial charge in [-0.25, -0.2) is 4.39 Å². The van der Waals surface area contributed by atoms with E-state index in [-0.39, 0.29) is 0 Å². The fourth-order valence-corrected chi connectivity index (χ4v) is 7.63. The normalized spacial score (nSPS) is 49.0. The fourth-order valence-electron chi connectivity index (χ4n) is 7.24. The van der Waals surface area contributed by atoms with E-state index < -0.39 is 12.3 Å². The number of rotatable bonds is 3. The Labute approximate surface area is 160 Å². The Bertz CT molecular complexity index is 587. The van der Waals surface area contributed by atoms with Crippen LogP contribution in [0.5, 0.6) is 0 Å². The summed E-state index contributed by atoms with van der Waals surface area (Å²) >= 11 is 3.63. The lowest BCUT2D eigenvalue weighted by atomic mass is 9.51. The highest BCUT2D eigenvalue weighted by atomic mass is 79.9. The lowest BCUT2D eigenvalue weighted by Gasteiger charge is -2.54. The van der Waals surface area contributed by atoms with Gasteiger partial charge in [-0.3, -0.25) is 0 Å². The minimum Gasteiger partial charge on any atom is -0.387 e. The fraction of sp³-hybridized carbons (Fsp3) is 0.818. The predicted octanol–water partition coefficient (Wildman–Crippen LogP) is 5.83. The van der Waals surface area contributed by atoms with E-state index in [2.05, 4.69) is 35.5 Å². The topological polar surface area (TPSA) is 20.2 Å². The molecule has 3 saturated carbocycles. The standard InChI is InChI=1S/C22H32BrFO/c1-14(12-23)19-5-6-20-18-4-3-15-11-22(25,13-24)10-8-16(15)17(18)7-9-21(19,20)2/h3,16-20,25H,1,4-13H2,2H3/t16-,17+,18+,19+,20-,21+,22+/m0/s1. The Hall–Kier alpha value is -0.150. The van der Waals surface area contributed by atoms with Crippen LogP contribution in [-0.4, -0.2) is 22.7 Å². The number of aliphatic hydroxyl groups is 1. The van der Waals surface area contributed by atoms with Crippen molar-refractivity contribution in [2.45, 2.75) is 63.9 Å². The average molecular weight is 411 g/mol. The summed E-state index contributed by atoms with van der Waals surface area (Å²) in [4.78, 5) is 0. The van der Waals surface area contributed by atoms with Crippen molar-refractivity contribution in [2.24, 2.45) is 35.0 Å². The van der Waals surface area contributed by atoms with Gasteiger partial charge in [0.05, 0.1) is 5.60 Å². The first-order valence-corrected chi connectivity index (χ1v) is 11.2. The van der Waals surface area contributed by atoms with Gasteiger partial charge in [0.25, 0.3) is 0 Å². The van der Waals surface area contributed by atoms with Crippen LogP contribution < -0.4 is 0 Å². The van der Waals surface area contributed by atoms with Crippen molar-refractivity contribution in [1.82, 2.24) is 0 Å². The molecule has 0 saturated heterocycles. The van der Waals surface area contributed by atoms with Gasteiger partial charge < -0.3 is 5.11 Å². The Morgan fingerprint density at radius 3 is 2.80 bits per heavy atom. The molecule has 4 rings (SSSR count). The van der Waals surface area contributed by atoms with Crippen molar-refractivity contribution in [3.05, 3.63) is 23.8 Å². The smallest absolute Gasteiger partial charge is 0.118 e. The molecule has 0 heterocycles. The molecule has 3 heteroatoms. The van der Waals surface area contributed by atoms with E-state index in [1.165, 1.54) is 36.8 Å². The number of hydrogen-bond donors (Lipinski definition) is 1. The molecule has 25 heavy (non-hydrogen) atoms. The Balaban J connectivity index is 1.57. The summed E-state index contributed by atoms with van der Waals surface area (Å²) < 4.78 is 13.2. The Morgan fingerprint density at radius 1 is 1.28 bits per heavy atom. The zero-order valence-corrected chi connectivity index (χ0v) is 17.0. The minimum absolute atomic E-state index is 0.422. The molecule has 0 amide bonds. The van der Waals surface area contributed by atoms with Crippen LogP contribution >= 0.6 is 15.9 Å². The van der Waals surface area contributed by atoms with E-state index in [1.807, 2.05) is 0 Å². The van der Waals surface area contributed by atoms with Crippen molar-refractivity contribution in [3.8, 4) is 0 Å². The molecular formula is C22H32BrFO. The summed E-state index contributed by atoms with van der Waals surface area (Å²) in [5.41, 5.74) is 2.10. The van der Waals surface area contributed by atoms with Crippen LogP contribution in [0, 0.1) is 35.0 Å². The zero-order chi connectivity index (χ0) is 17.8. The second kappa shape index (κ2) is 6.48. The van der Waals surface area contributed by atoms with Crippen LogP contribution in [0.15, 0.2) is 23.8 Å². The molecule has 7 atom stereocenters. The number of alkyl halides is 2. The zero-order valence-electron chi connectivity index (χ0n) is 15.4. The molecule has 0 spiro atoms. The number of hydrogen-bond acceptors (Lipinski definition) is 1. The summed E-state index contributed by atoms with van der Waals surface area (Å²) in [6.45, 7) is 6.30. The minimum atomic E-state index is -1.08. The third-order valence-corrected chi connectivity index (χ3v) is 9.23. The average Bonchev–Trinajstić information content (AvgIpc) is 2.98. The second-order valence-electron chi connectivity index (χ2n) is 9.60. The molecule has 0 aromatic rings. The predicted molar refractivity (Wildman–Crippen MR) is 104 cm³/mol.